The molecule has 5 nitrogen and oxygen atoms in total. The summed E-state index contributed by atoms with van der Waals surface area (Å²) in [6, 6.07) is 16.2. The number of methoxy groups -OCH3 is 1. The smallest absolute Gasteiger partial charge is 0.259 e. The Morgan fingerprint density at radius 2 is 2.00 bits per heavy atom. The van der Waals surface area contributed by atoms with E-state index in [9.17, 15) is 4.79 Å². The lowest BCUT2D eigenvalue weighted by molar-refractivity contribution is 0.0849. The minimum absolute atomic E-state index is 0.106. The zero-order chi connectivity index (χ0) is 17.6. The van der Waals surface area contributed by atoms with Gasteiger partial charge in [-0.15, -0.1) is 0 Å². The molecular weight excluding hydrogens is 334 g/mol. The third-order valence-electron chi connectivity index (χ3n) is 3.80. The standard InChI is InChI=1S/C19H17N3O2S/c1-24-17-6-3-2-5-16(17)21-19-22(11-4-12-25-19)18(23)15-9-7-14(13-20)8-10-15/h2-3,5-10H,4,11-12H2,1H3. The number of hydrogen-bond acceptors (Lipinski definition) is 5. The van der Waals surface area contributed by atoms with E-state index in [1.165, 1.54) is 0 Å². The quantitative estimate of drug-likeness (QED) is 0.843. The van der Waals surface area contributed by atoms with E-state index in [1.54, 1.807) is 48.0 Å². The Bertz CT molecular complexity index is 840. The molecule has 1 fully saturated rings. The highest BCUT2D eigenvalue weighted by atomic mass is 32.2. The Labute approximate surface area is 150 Å². The monoisotopic (exact) mass is 351 g/mol. The van der Waals surface area contributed by atoms with Crippen LogP contribution in [-0.2, 0) is 0 Å². The Kier molecular flexibility index (Phi) is 5.36. The van der Waals surface area contributed by atoms with Crippen molar-refractivity contribution in [2.75, 3.05) is 19.4 Å². The molecule has 1 aliphatic rings. The Morgan fingerprint density at radius 1 is 1.24 bits per heavy atom. The van der Waals surface area contributed by atoms with Crippen LogP contribution in [0.15, 0.2) is 53.5 Å². The van der Waals surface area contributed by atoms with Crippen LogP contribution >= 0.6 is 11.8 Å². The van der Waals surface area contributed by atoms with Crippen LogP contribution in [0.1, 0.15) is 22.3 Å². The second-order valence-corrected chi connectivity index (χ2v) is 6.48. The van der Waals surface area contributed by atoms with Crippen LogP contribution < -0.4 is 4.74 Å². The van der Waals surface area contributed by atoms with Crippen molar-refractivity contribution in [1.29, 1.82) is 5.26 Å². The van der Waals surface area contributed by atoms with Gasteiger partial charge in [0.1, 0.15) is 11.4 Å². The molecule has 1 heterocycles. The van der Waals surface area contributed by atoms with Gasteiger partial charge in [0.15, 0.2) is 5.17 Å². The van der Waals surface area contributed by atoms with Gasteiger partial charge in [-0.2, -0.15) is 5.26 Å². The second kappa shape index (κ2) is 7.86. The van der Waals surface area contributed by atoms with E-state index in [1.807, 2.05) is 24.3 Å². The van der Waals surface area contributed by atoms with Crippen LogP contribution in [-0.4, -0.2) is 35.4 Å². The molecule has 0 spiro atoms. The van der Waals surface area contributed by atoms with Crippen molar-refractivity contribution in [3.05, 3.63) is 59.7 Å². The first-order chi connectivity index (χ1) is 12.2. The third-order valence-corrected chi connectivity index (χ3v) is 4.86. The highest BCUT2D eigenvalue weighted by Gasteiger charge is 2.25. The minimum atomic E-state index is -0.106. The fourth-order valence-electron chi connectivity index (χ4n) is 2.51. The molecule has 6 heteroatoms. The summed E-state index contributed by atoms with van der Waals surface area (Å²) in [5.41, 5.74) is 1.79. The van der Waals surface area contributed by atoms with Gasteiger partial charge in [0, 0.05) is 17.9 Å². The van der Waals surface area contributed by atoms with Crippen molar-refractivity contribution in [2.45, 2.75) is 6.42 Å². The average Bonchev–Trinajstić information content (AvgIpc) is 2.68. The van der Waals surface area contributed by atoms with Crippen LogP contribution in [0.25, 0.3) is 0 Å². The van der Waals surface area contributed by atoms with Gasteiger partial charge in [0.05, 0.1) is 18.7 Å². The van der Waals surface area contributed by atoms with E-state index in [0.29, 0.717) is 34.3 Å². The number of aliphatic imine (C=N–C) groups is 1. The number of thioether (sulfide) groups is 1. The van der Waals surface area contributed by atoms with Crippen molar-refractivity contribution in [3.8, 4) is 11.8 Å². The minimum Gasteiger partial charge on any atom is -0.494 e. The number of carbonyl (C=O) groups excluding carboxylic acids is 1. The Hall–Kier alpha value is -2.78. The molecule has 126 valence electrons. The molecule has 2 aromatic carbocycles. The van der Waals surface area contributed by atoms with Crippen LogP contribution in [0.2, 0.25) is 0 Å². The normalized spacial score (nSPS) is 15.7. The van der Waals surface area contributed by atoms with Gasteiger partial charge < -0.3 is 4.74 Å². The second-order valence-electron chi connectivity index (χ2n) is 5.41. The lowest BCUT2D eigenvalue weighted by Crippen LogP contribution is -2.39. The molecule has 0 aliphatic carbocycles. The number of amidine groups is 1. The maximum absolute atomic E-state index is 12.9. The predicted molar refractivity (Wildman–Crippen MR) is 99.4 cm³/mol. The summed E-state index contributed by atoms with van der Waals surface area (Å²) in [6.07, 6.45) is 0.914. The van der Waals surface area contributed by atoms with E-state index in [-0.39, 0.29) is 5.91 Å². The van der Waals surface area contributed by atoms with Crippen molar-refractivity contribution in [3.63, 3.8) is 0 Å². The molecule has 2 aromatic rings. The number of carbonyl (C=O) groups is 1. The molecule has 3 rings (SSSR count). The van der Waals surface area contributed by atoms with Gasteiger partial charge >= 0.3 is 0 Å². The van der Waals surface area contributed by atoms with Crippen LogP contribution in [0.3, 0.4) is 0 Å². The molecule has 1 saturated heterocycles. The summed E-state index contributed by atoms with van der Waals surface area (Å²) in [7, 11) is 1.60. The molecule has 0 saturated carbocycles. The van der Waals surface area contributed by atoms with Gasteiger partial charge in [-0.05, 0) is 42.8 Å². The van der Waals surface area contributed by atoms with Crippen LogP contribution in [0.5, 0.6) is 5.75 Å². The summed E-state index contributed by atoms with van der Waals surface area (Å²) in [6.45, 7) is 0.625. The molecule has 1 aliphatic heterocycles. The Balaban J connectivity index is 1.91. The fraction of sp³-hybridized carbons (Fsp3) is 0.211. The first-order valence-electron chi connectivity index (χ1n) is 7.89. The summed E-state index contributed by atoms with van der Waals surface area (Å²) in [4.78, 5) is 19.2. The average molecular weight is 351 g/mol. The number of rotatable bonds is 3. The molecule has 0 atom stereocenters. The number of amides is 1. The Morgan fingerprint density at radius 3 is 2.72 bits per heavy atom. The topological polar surface area (TPSA) is 65.7 Å². The highest BCUT2D eigenvalue weighted by molar-refractivity contribution is 8.13. The van der Waals surface area contributed by atoms with E-state index in [2.05, 4.69) is 11.1 Å². The number of hydrogen-bond donors (Lipinski definition) is 0. The zero-order valence-corrected chi connectivity index (χ0v) is 14.6. The van der Waals surface area contributed by atoms with Gasteiger partial charge in [-0.1, -0.05) is 23.9 Å². The molecule has 25 heavy (non-hydrogen) atoms. The molecule has 0 aromatic heterocycles. The van der Waals surface area contributed by atoms with Gasteiger partial charge in [0.2, 0.25) is 0 Å². The first kappa shape index (κ1) is 17.1. The maximum atomic E-state index is 12.9. The predicted octanol–water partition coefficient (Wildman–Crippen LogP) is 3.83. The van der Waals surface area contributed by atoms with Gasteiger partial charge in [-0.3, -0.25) is 9.69 Å². The lowest BCUT2D eigenvalue weighted by Gasteiger charge is -2.28. The first-order valence-corrected chi connectivity index (χ1v) is 8.88. The highest BCUT2D eigenvalue weighted by Crippen LogP contribution is 2.30. The maximum Gasteiger partial charge on any atom is 0.259 e. The van der Waals surface area contributed by atoms with Gasteiger partial charge in [-0.25, -0.2) is 4.99 Å². The third kappa shape index (κ3) is 3.83. The number of nitrogens with zero attached hydrogens (tertiary/aromatic N) is 3. The van der Waals surface area contributed by atoms with Crippen molar-refractivity contribution in [1.82, 2.24) is 4.90 Å². The number of benzene rings is 2. The van der Waals surface area contributed by atoms with E-state index in [0.717, 1.165) is 12.2 Å². The van der Waals surface area contributed by atoms with E-state index < -0.39 is 0 Å². The number of ether oxygens (including phenoxy) is 1. The van der Waals surface area contributed by atoms with E-state index >= 15 is 0 Å². The fourth-order valence-corrected chi connectivity index (χ4v) is 3.46. The zero-order valence-electron chi connectivity index (χ0n) is 13.8. The summed E-state index contributed by atoms with van der Waals surface area (Å²) < 4.78 is 5.34. The van der Waals surface area contributed by atoms with Crippen LogP contribution in [0.4, 0.5) is 5.69 Å². The molecule has 0 N–H and O–H groups in total. The summed E-state index contributed by atoms with van der Waals surface area (Å²) in [5.74, 6) is 1.49. The molecule has 0 bridgehead atoms. The van der Waals surface area contributed by atoms with Crippen molar-refractivity contribution >= 4 is 28.5 Å². The number of para-hydroxylation sites is 2. The van der Waals surface area contributed by atoms with E-state index in [4.69, 9.17) is 10.00 Å². The van der Waals surface area contributed by atoms with Gasteiger partial charge in [0.25, 0.3) is 5.91 Å². The SMILES string of the molecule is COc1ccccc1N=C1SCCCN1C(=O)c1ccc(C#N)cc1. The van der Waals surface area contributed by atoms with Crippen molar-refractivity contribution in [2.24, 2.45) is 4.99 Å². The largest absolute Gasteiger partial charge is 0.494 e. The van der Waals surface area contributed by atoms with Crippen LogP contribution in [0, 0.1) is 11.3 Å². The summed E-state index contributed by atoms with van der Waals surface area (Å²) in [5, 5.41) is 9.56. The lowest BCUT2D eigenvalue weighted by atomic mass is 10.1. The number of nitriles is 1. The summed E-state index contributed by atoms with van der Waals surface area (Å²) >= 11 is 1.56. The molecule has 0 radical (unpaired) electrons. The molecular formula is C19H17N3O2S. The van der Waals surface area contributed by atoms with Crippen molar-refractivity contribution < 1.29 is 9.53 Å². The molecule has 1 amide bonds. The molecule has 0 unspecified atom stereocenters.